The molecule has 0 aliphatic heterocycles. The zero-order valence-corrected chi connectivity index (χ0v) is 11.3. The maximum Gasteiger partial charge on any atom is 0.126 e. The van der Waals surface area contributed by atoms with Crippen molar-refractivity contribution in [2.24, 2.45) is 0 Å². The van der Waals surface area contributed by atoms with Crippen LogP contribution in [0.25, 0.3) is 11.1 Å². The molecule has 0 N–H and O–H groups in total. The van der Waals surface area contributed by atoms with E-state index in [-0.39, 0.29) is 0 Å². The Labute approximate surface area is 113 Å². The van der Waals surface area contributed by atoms with E-state index in [0.717, 1.165) is 16.9 Å². The highest BCUT2D eigenvalue weighted by molar-refractivity contribution is 7.20. The van der Waals surface area contributed by atoms with Crippen molar-refractivity contribution in [2.45, 2.75) is 0 Å². The molecule has 0 bridgehead atoms. The quantitative estimate of drug-likeness (QED) is 0.722. The van der Waals surface area contributed by atoms with Gasteiger partial charge in [0.25, 0.3) is 0 Å². The van der Waals surface area contributed by atoms with E-state index in [9.17, 15) is 0 Å². The number of hydrogen-bond acceptors (Lipinski definition) is 2. The highest BCUT2D eigenvalue weighted by atomic mass is 35.5. The molecule has 1 aromatic carbocycles. The van der Waals surface area contributed by atoms with Crippen molar-refractivity contribution in [2.75, 3.05) is 7.11 Å². The second kappa shape index (κ2) is 4.84. The lowest BCUT2D eigenvalue weighted by atomic mass is 10.1. The molecule has 0 radical (unpaired) electrons. The first-order valence-corrected chi connectivity index (χ1v) is 6.35. The molecule has 0 amide bonds. The number of hydrogen-bond donors (Lipinski definition) is 0. The van der Waals surface area contributed by atoms with Crippen molar-refractivity contribution in [3.63, 3.8) is 0 Å². The summed E-state index contributed by atoms with van der Waals surface area (Å²) in [4.78, 5) is 0. The van der Waals surface area contributed by atoms with Crippen LogP contribution in [0.15, 0.2) is 24.3 Å². The van der Waals surface area contributed by atoms with Crippen LogP contribution < -0.4 is 4.74 Å². The normalized spacial score (nSPS) is 10.5. The molecule has 84 valence electrons. The van der Waals surface area contributed by atoms with Gasteiger partial charge in [-0.2, -0.15) is 0 Å². The molecular formula is C11H7Cl3OS. The van der Waals surface area contributed by atoms with Gasteiger partial charge in [0.15, 0.2) is 0 Å². The molecule has 1 heterocycles. The Bertz CT molecular complexity index is 522. The van der Waals surface area contributed by atoms with Gasteiger partial charge in [-0.25, -0.2) is 0 Å². The summed E-state index contributed by atoms with van der Waals surface area (Å²) < 4.78 is 6.53. The minimum atomic E-state index is 0.630. The van der Waals surface area contributed by atoms with Gasteiger partial charge in [0.05, 0.1) is 11.4 Å². The van der Waals surface area contributed by atoms with Crippen LogP contribution in [0.5, 0.6) is 5.75 Å². The average molecular weight is 294 g/mol. The average Bonchev–Trinajstić information content (AvgIpc) is 2.57. The molecule has 1 nitrogen and oxygen atoms in total. The molecule has 2 rings (SSSR count). The van der Waals surface area contributed by atoms with Gasteiger partial charge in [0.2, 0.25) is 0 Å². The molecule has 16 heavy (non-hydrogen) atoms. The van der Waals surface area contributed by atoms with Gasteiger partial charge in [-0.05, 0) is 24.3 Å². The predicted octanol–water partition coefficient (Wildman–Crippen LogP) is 5.38. The minimum absolute atomic E-state index is 0.630. The Morgan fingerprint density at radius 1 is 1.06 bits per heavy atom. The van der Waals surface area contributed by atoms with E-state index < -0.39 is 0 Å². The SMILES string of the molecule is COc1ccc(Cl)cc1-c1cc(Cl)sc1Cl. The van der Waals surface area contributed by atoms with Crippen LogP contribution in [0.4, 0.5) is 0 Å². The Balaban J connectivity index is 2.62. The lowest BCUT2D eigenvalue weighted by Gasteiger charge is -2.07. The molecular weight excluding hydrogens is 287 g/mol. The minimum Gasteiger partial charge on any atom is -0.496 e. The first-order valence-electron chi connectivity index (χ1n) is 4.40. The van der Waals surface area contributed by atoms with Gasteiger partial charge >= 0.3 is 0 Å². The second-order valence-electron chi connectivity index (χ2n) is 3.08. The standard InChI is InChI=1S/C11H7Cl3OS/c1-15-9-3-2-6(12)4-7(9)8-5-10(13)16-11(8)14/h2-5H,1H3. The molecule has 5 heteroatoms. The molecule has 0 atom stereocenters. The van der Waals surface area contributed by atoms with E-state index >= 15 is 0 Å². The summed E-state index contributed by atoms with van der Waals surface area (Å²) in [5.41, 5.74) is 1.69. The first-order chi connectivity index (χ1) is 7.61. The maximum absolute atomic E-state index is 6.10. The smallest absolute Gasteiger partial charge is 0.126 e. The van der Waals surface area contributed by atoms with E-state index in [0.29, 0.717) is 13.7 Å². The summed E-state index contributed by atoms with van der Waals surface area (Å²) >= 11 is 19.3. The highest BCUT2D eigenvalue weighted by Gasteiger charge is 2.13. The van der Waals surface area contributed by atoms with Crippen LogP contribution in [0.1, 0.15) is 0 Å². The topological polar surface area (TPSA) is 9.23 Å². The zero-order valence-electron chi connectivity index (χ0n) is 8.26. The number of benzene rings is 1. The van der Waals surface area contributed by atoms with Crippen molar-refractivity contribution in [1.82, 2.24) is 0 Å². The lowest BCUT2D eigenvalue weighted by Crippen LogP contribution is -1.86. The number of thiophene rings is 1. The third-order valence-electron chi connectivity index (χ3n) is 2.11. The van der Waals surface area contributed by atoms with Gasteiger partial charge in [-0.1, -0.05) is 34.8 Å². The Morgan fingerprint density at radius 2 is 1.81 bits per heavy atom. The van der Waals surface area contributed by atoms with Gasteiger partial charge in [-0.15, -0.1) is 11.3 Å². The Hall–Kier alpha value is -0.410. The highest BCUT2D eigenvalue weighted by Crippen LogP contribution is 2.42. The molecule has 2 aromatic rings. The van der Waals surface area contributed by atoms with Crippen LogP contribution in [0.2, 0.25) is 13.7 Å². The van der Waals surface area contributed by atoms with E-state index in [1.54, 1.807) is 19.2 Å². The number of ether oxygens (including phenoxy) is 1. The Morgan fingerprint density at radius 3 is 2.38 bits per heavy atom. The lowest BCUT2D eigenvalue weighted by molar-refractivity contribution is 0.416. The number of rotatable bonds is 2. The van der Waals surface area contributed by atoms with Crippen LogP contribution in [-0.2, 0) is 0 Å². The molecule has 0 aliphatic carbocycles. The summed E-state index contributed by atoms with van der Waals surface area (Å²) in [6, 6.07) is 7.19. The van der Waals surface area contributed by atoms with E-state index in [4.69, 9.17) is 39.5 Å². The zero-order chi connectivity index (χ0) is 11.7. The fourth-order valence-electron chi connectivity index (χ4n) is 1.41. The fourth-order valence-corrected chi connectivity index (χ4v) is 3.08. The van der Waals surface area contributed by atoms with Crippen LogP contribution in [-0.4, -0.2) is 7.11 Å². The van der Waals surface area contributed by atoms with Crippen molar-refractivity contribution in [3.05, 3.63) is 38.0 Å². The molecule has 0 fully saturated rings. The molecule has 0 saturated heterocycles. The molecule has 0 aliphatic rings. The first kappa shape index (κ1) is 12.1. The van der Waals surface area contributed by atoms with Crippen molar-refractivity contribution in [1.29, 1.82) is 0 Å². The summed E-state index contributed by atoms with van der Waals surface area (Å²) in [5, 5.41) is 0.634. The van der Waals surface area contributed by atoms with E-state index in [1.165, 1.54) is 11.3 Å². The van der Waals surface area contributed by atoms with Gasteiger partial charge < -0.3 is 4.74 Å². The number of halogens is 3. The summed E-state index contributed by atoms with van der Waals surface area (Å²) in [7, 11) is 1.61. The largest absolute Gasteiger partial charge is 0.496 e. The molecule has 0 unspecified atom stereocenters. The van der Waals surface area contributed by atoms with Crippen LogP contribution in [0.3, 0.4) is 0 Å². The van der Waals surface area contributed by atoms with E-state index in [1.807, 2.05) is 12.1 Å². The molecule has 0 saturated carbocycles. The summed E-state index contributed by atoms with van der Waals surface area (Å²) in [6.45, 7) is 0. The summed E-state index contributed by atoms with van der Waals surface area (Å²) in [6.07, 6.45) is 0. The third kappa shape index (κ3) is 2.30. The third-order valence-corrected chi connectivity index (χ3v) is 3.83. The summed E-state index contributed by atoms with van der Waals surface area (Å²) in [5.74, 6) is 0.723. The monoisotopic (exact) mass is 292 g/mol. The number of methoxy groups -OCH3 is 1. The van der Waals surface area contributed by atoms with Gasteiger partial charge in [0.1, 0.15) is 10.1 Å². The second-order valence-corrected chi connectivity index (χ2v) is 5.80. The molecule has 1 aromatic heterocycles. The van der Waals surface area contributed by atoms with Crippen molar-refractivity contribution >= 4 is 46.1 Å². The van der Waals surface area contributed by atoms with Gasteiger partial charge in [-0.3, -0.25) is 0 Å². The maximum atomic E-state index is 6.10. The van der Waals surface area contributed by atoms with Crippen molar-refractivity contribution < 1.29 is 4.74 Å². The van der Waals surface area contributed by atoms with Crippen molar-refractivity contribution in [3.8, 4) is 16.9 Å². The van der Waals surface area contributed by atoms with Crippen LogP contribution in [0, 0.1) is 0 Å². The Kier molecular flexibility index (Phi) is 3.65. The van der Waals surface area contributed by atoms with Crippen LogP contribution >= 0.6 is 46.1 Å². The van der Waals surface area contributed by atoms with Gasteiger partial charge in [0, 0.05) is 16.1 Å². The van der Waals surface area contributed by atoms with E-state index in [2.05, 4.69) is 0 Å². The fraction of sp³-hybridized carbons (Fsp3) is 0.0909. The molecule has 0 spiro atoms. The predicted molar refractivity (Wildman–Crippen MR) is 71.3 cm³/mol.